The molecule has 0 bridgehead atoms. The number of aliphatic hydroxyl groups is 1. The number of aromatic nitrogens is 5. The van der Waals surface area contributed by atoms with Crippen molar-refractivity contribution in [1.82, 2.24) is 39.0 Å². The number of carbonyl (C=O) groups is 4. The first-order valence-electron chi connectivity index (χ1n) is 20.0. The lowest BCUT2D eigenvalue weighted by Crippen LogP contribution is -2.54. The number of likely N-dealkylation sites (tertiary alicyclic amines) is 1. The third-order valence-electron chi connectivity index (χ3n) is 11.3. The van der Waals surface area contributed by atoms with Gasteiger partial charge in [-0.1, -0.05) is 18.2 Å². The van der Waals surface area contributed by atoms with Gasteiger partial charge >= 0.3 is 0 Å². The number of allylic oxidation sites excluding steroid dienone is 1. The summed E-state index contributed by atoms with van der Waals surface area (Å²) in [4.78, 5) is 85.6. The third kappa shape index (κ3) is 7.52. The zero-order valence-corrected chi connectivity index (χ0v) is 33.8. The first-order chi connectivity index (χ1) is 28.8. The van der Waals surface area contributed by atoms with E-state index in [1.807, 2.05) is 12.1 Å². The fourth-order valence-electron chi connectivity index (χ4n) is 8.00. The van der Waals surface area contributed by atoms with Crippen molar-refractivity contribution in [2.45, 2.75) is 51.3 Å². The van der Waals surface area contributed by atoms with Gasteiger partial charge in [0.15, 0.2) is 11.5 Å². The molecule has 2 saturated heterocycles. The molecule has 2 fully saturated rings. The second-order valence-electron chi connectivity index (χ2n) is 15.7. The molecule has 3 N–H and O–H groups in total. The number of hydrogen-bond acceptors (Lipinski definition) is 13. The predicted octanol–water partition coefficient (Wildman–Crippen LogP) is 3.50. The van der Waals surface area contributed by atoms with Crippen LogP contribution in [0.1, 0.15) is 59.5 Å². The Bertz CT molecular complexity index is 2570. The van der Waals surface area contributed by atoms with Crippen molar-refractivity contribution in [2.75, 3.05) is 61.8 Å². The number of likely N-dealkylation sites (N-methyl/N-ethyl adjacent to an activating group) is 1. The monoisotopic (exact) mass is 813 g/mol. The molecule has 17 heteroatoms. The van der Waals surface area contributed by atoms with Crippen molar-refractivity contribution in [2.24, 2.45) is 0 Å². The van der Waals surface area contributed by atoms with E-state index >= 15 is 0 Å². The van der Waals surface area contributed by atoms with Crippen LogP contribution in [0.3, 0.4) is 0 Å². The lowest BCUT2D eigenvalue weighted by Gasteiger charge is -2.36. The number of hydrogen-bond donors (Lipinski definition) is 3. The fourth-order valence-corrected chi connectivity index (χ4v) is 8.00. The Morgan fingerprint density at radius 3 is 2.42 bits per heavy atom. The van der Waals surface area contributed by atoms with E-state index < -0.39 is 29.4 Å². The summed E-state index contributed by atoms with van der Waals surface area (Å²) in [6, 6.07) is 17.4. The summed E-state index contributed by atoms with van der Waals surface area (Å²) < 4.78 is 3.12. The van der Waals surface area contributed by atoms with Crippen molar-refractivity contribution in [3.05, 3.63) is 107 Å². The van der Waals surface area contributed by atoms with E-state index in [0.29, 0.717) is 40.7 Å². The molecule has 3 aliphatic rings. The van der Waals surface area contributed by atoms with E-state index in [1.54, 1.807) is 61.0 Å². The molecule has 1 atom stereocenters. The van der Waals surface area contributed by atoms with Gasteiger partial charge in [-0.25, -0.2) is 19.3 Å². The van der Waals surface area contributed by atoms with Crippen molar-refractivity contribution in [1.29, 1.82) is 0 Å². The van der Waals surface area contributed by atoms with Gasteiger partial charge < -0.3 is 20.6 Å². The summed E-state index contributed by atoms with van der Waals surface area (Å²) in [5.41, 5.74) is 2.31. The topological polar surface area (TPSA) is 191 Å². The molecule has 5 aromatic rings. The quantitative estimate of drug-likeness (QED) is 0.0891. The van der Waals surface area contributed by atoms with E-state index in [4.69, 9.17) is 4.98 Å². The highest BCUT2D eigenvalue weighted by Gasteiger charge is 2.47. The zero-order valence-electron chi connectivity index (χ0n) is 33.8. The molecular weight excluding hydrogens is 767 g/mol. The second kappa shape index (κ2) is 16.1. The number of nitrogens with zero attached hydrogens (tertiary/aromatic N) is 9. The molecule has 0 radical (unpaired) electrons. The summed E-state index contributed by atoms with van der Waals surface area (Å²) in [5, 5.41) is 17.5. The number of anilines is 4. The van der Waals surface area contributed by atoms with Crippen LogP contribution in [0.4, 0.5) is 23.0 Å². The Hall–Kier alpha value is -6.72. The van der Waals surface area contributed by atoms with Crippen LogP contribution in [-0.2, 0) is 21.7 Å². The van der Waals surface area contributed by atoms with Gasteiger partial charge in [-0.2, -0.15) is 4.98 Å². The normalized spacial score (nSPS) is 17.5. The van der Waals surface area contributed by atoms with Crippen LogP contribution >= 0.6 is 0 Å². The maximum Gasteiger partial charge on any atom is 0.278 e. The van der Waals surface area contributed by atoms with Crippen molar-refractivity contribution in [3.8, 4) is 5.82 Å². The highest BCUT2D eigenvalue weighted by Crippen LogP contribution is 2.33. The third-order valence-corrected chi connectivity index (χ3v) is 11.3. The molecule has 60 heavy (non-hydrogen) atoms. The number of piperazine rings is 1. The Morgan fingerprint density at radius 2 is 1.68 bits per heavy atom. The number of benzene rings is 2. The highest BCUT2D eigenvalue weighted by atomic mass is 16.3. The molecule has 310 valence electrons. The Morgan fingerprint density at radius 1 is 0.933 bits per heavy atom. The summed E-state index contributed by atoms with van der Waals surface area (Å²) in [7, 11) is 1.38. The standard InChI is InChI=1S/C43H47N11O6/c1-5-20-52-38(56)30-26-45-42(48-37(30)54(52)34-12-7-11-33(47-34)43(2,3)60)46-27-13-15-28(16-14-27)51-24-22-50(23-25-51)21-8-19-44-31-10-6-9-29-36(31)41(59)53(39(29)57)32-17-18-35(55)49(4)40(32)58/h5-7,9-16,26,32,44,60H,1,8,17-25H2,2-4H3,(H,45,46,48). The number of carbonyl (C=O) groups excluding carboxylic acids is 4. The zero-order chi connectivity index (χ0) is 42.3. The van der Waals surface area contributed by atoms with Gasteiger partial charge in [-0.05, 0) is 81.8 Å². The molecule has 0 saturated carbocycles. The Labute approximate surface area is 345 Å². The van der Waals surface area contributed by atoms with Gasteiger partial charge in [0.2, 0.25) is 11.9 Å². The fraction of sp³-hybridized carbons (Fsp3) is 0.349. The molecule has 17 nitrogen and oxygen atoms in total. The van der Waals surface area contributed by atoms with Crippen molar-refractivity contribution >= 4 is 57.7 Å². The van der Waals surface area contributed by atoms with Gasteiger partial charge in [0.25, 0.3) is 23.3 Å². The smallest absolute Gasteiger partial charge is 0.278 e. The average Bonchev–Trinajstić information content (AvgIpc) is 3.66. The summed E-state index contributed by atoms with van der Waals surface area (Å²) in [5.74, 6) is -1.15. The number of pyridine rings is 1. The highest BCUT2D eigenvalue weighted by molar-refractivity contribution is 6.25. The molecule has 3 aliphatic heterocycles. The van der Waals surface area contributed by atoms with Crippen LogP contribution in [0.15, 0.2) is 84.3 Å². The number of nitrogens with one attached hydrogen (secondary N) is 2. The molecule has 8 rings (SSSR count). The number of amides is 4. The second-order valence-corrected chi connectivity index (χ2v) is 15.7. The van der Waals surface area contributed by atoms with Gasteiger partial charge in [0.1, 0.15) is 17.0 Å². The van der Waals surface area contributed by atoms with Gasteiger partial charge in [-0.3, -0.25) is 38.7 Å². The van der Waals surface area contributed by atoms with Crippen LogP contribution in [0.5, 0.6) is 0 Å². The van der Waals surface area contributed by atoms with E-state index in [9.17, 15) is 29.1 Å². The van der Waals surface area contributed by atoms with Crippen molar-refractivity contribution in [3.63, 3.8) is 0 Å². The van der Waals surface area contributed by atoms with Crippen molar-refractivity contribution < 1.29 is 24.3 Å². The maximum absolute atomic E-state index is 13.5. The molecular formula is C43H47N11O6. The van der Waals surface area contributed by atoms with Crippen LogP contribution in [-0.4, -0.2) is 120 Å². The van der Waals surface area contributed by atoms with E-state index in [2.05, 4.69) is 49.1 Å². The number of piperidine rings is 1. The predicted molar refractivity (Wildman–Crippen MR) is 226 cm³/mol. The van der Waals surface area contributed by atoms with Crippen LogP contribution in [0, 0.1) is 0 Å². The number of fused-ring (bicyclic) bond motifs is 2. The molecule has 3 aromatic heterocycles. The number of rotatable bonds is 13. The van der Waals surface area contributed by atoms with Gasteiger partial charge in [0, 0.05) is 69.5 Å². The van der Waals surface area contributed by atoms with Crippen LogP contribution in [0.25, 0.3) is 16.9 Å². The molecule has 2 aromatic carbocycles. The first kappa shape index (κ1) is 40.1. The molecule has 4 amide bonds. The minimum absolute atomic E-state index is 0.0966. The van der Waals surface area contributed by atoms with Gasteiger partial charge in [-0.15, -0.1) is 6.58 Å². The SMILES string of the molecule is C=CCn1c(=O)c2cnc(Nc3ccc(N4CCN(CCCNc5cccc6c5C(=O)N(C5CCC(=O)N(C)C5=O)C6=O)CC4)cc3)nc2n1-c1cccc(C(C)(C)O)n1. The van der Waals surface area contributed by atoms with E-state index in [-0.39, 0.29) is 42.0 Å². The average molecular weight is 814 g/mol. The Balaban J connectivity index is 0.854. The summed E-state index contributed by atoms with van der Waals surface area (Å²) >= 11 is 0. The summed E-state index contributed by atoms with van der Waals surface area (Å²) in [6.07, 6.45) is 4.16. The molecule has 6 heterocycles. The van der Waals surface area contributed by atoms with Gasteiger partial charge in [0.05, 0.1) is 23.4 Å². The molecule has 1 unspecified atom stereocenters. The lowest BCUT2D eigenvalue weighted by molar-refractivity contribution is -0.149. The lowest BCUT2D eigenvalue weighted by atomic mass is 10.0. The Kier molecular flexibility index (Phi) is 10.8. The number of imide groups is 2. The van der Waals surface area contributed by atoms with Crippen LogP contribution < -0.4 is 21.1 Å². The maximum atomic E-state index is 13.5. The molecule has 0 aliphatic carbocycles. The largest absolute Gasteiger partial charge is 0.384 e. The van der Waals surface area contributed by atoms with Crippen LogP contribution in [0.2, 0.25) is 0 Å². The minimum atomic E-state index is -1.19. The summed E-state index contributed by atoms with van der Waals surface area (Å²) in [6.45, 7) is 12.2. The minimum Gasteiger partial charge on any atom is -0.384 e. The first-order valence-corrected chi connectivity index (χ1v) is 20.0. The molecule has 0 spiro atoms. The van der Waals surface area contributed by atoms with E-state index in [0.717, 1.165) is 60.3 Å². The van der Waals surface area contributed by atoms with E-state index in [1.165, 1.54) is 17.9 Å².